The summed E-state index contributed by atoms with van der Waals surface area (Å²) in [5, 5.41) is 3.06. The van der Waals surface area contributed by atoms with Gasteiger partial charge in [-0.25, -0.2) is 4.98 Å². The van der Waals surface area contributed by atoms with Gasteiger partial charge in [0, 0.05) is 6.20 Å². The van der Waals surface area contributed by atoms with Crippen LogP contribution in [0.15, 0.2) is 42.6 Å². The quantitative estimate of drug-likeness (QED) is 0.886. The van der Waals surface area contributed by atoms with Crippen molar-refractivity contribution in [2.45, 2.75) is 0 Å². The molecule has 0 atom stereocenters. The number of pyridine rings is 1. The van der Waals surface area contributed by atoms with Gasteiger partial charge in [-0.2, -0.15) is 0 Å². The highest BCUT2D eigenvalue weighted by Gasteiger charge is 2.20. The van der Waals surface area contributed by atoms with E-state index in [9.17, 15) is 4.79 Å². The van der Waals surface area contributed by atoms with Crippen LogP contribution in [0.4, 0.5) is 11.4 Å². The summed E-state index contributed by atoms with van der Waals surface area (Å²) < 4.78 is 5.57. The van der Waals surface area contributed by atoms with Crippen molar-refractivity contribution in [1.82, 2.24) is 4.98 Å². The largest absolute Gasteiger partial charge is 0.490 e. The highest BCUT2D eigenvalue weighted by Crippen LogP contribution is 2.30. The summed E-state index contributed by atoms with van der Waals surface area (Å²) in [4.78, 5) is 18.1. The number of fused-ring (bicyclic) bond motifs is 1. The SMILES string of the molecule is O=C(CN1CCOc2ccccc21)Nc1cccnc1Cl. The summed E-state index contributed by atoms with van der Waals surface area (Å²) in [5.41, 5.74) is 1.45. The lowest BCUT2D eigenvalue weighted by atomic mass is 10.2. The molecule has 0 spiro atoms. The van der Waals surface area contributed by atoms with Crippen molar-refractivity contribution < 1.29 is 9.53 Å². The smallest absolute Gasteiger partial charge is 0.243 e. The first kappa shape index (κ1) is 13.7. The predicted molar refractivity (Wildman–Crippen MR) is 82.0 cm³/mol. The number of carbonyl (C=O) groups is 1. The number of aromatic nitrogens is 1. The third-order valence-corrected chi connectivity index (χ3v) is 3.49. The van der Waals surface area contributed by atoms with Crippen molar-refractivity contribution in [1.29, 1.82) is 0 Å². The van der Waals surface area contributed by atoms with Crippen LogP contribution in [0.5, 0.6) is 5.75 Å². The molecule has 3 rings (SSSR count). The molecule has 0 aliphatic carbocycles. The molecule has 0 unspecified atom stereocenters. The second kappa shape index (κ2) is 6.01. The number of hydrogen-bond donors (Lipinski definition) is 1. The molecule has 2 aromatic rings. The molecule has 0 bridgehead atoms. The molecule has 2 heterocycles. The third kappa shape index (κ3) is 3.08. The van der Waals surface area contributed by atoms with Crippen LogP contribution >= 0.6 is 11.6 Å². The number of nitrogens with zero attached hydrogens (tertiary/aromatic N) is 2. The standard InChI is InChI=1S/C15H14ClN3O2/c16-15-11(4-3-7-17-15)18-14(20)10-19-8-9-21-13-6-2-1-5-12(13)19/h1-7H,8-10H2,(H,18,20). The number of rotatable bonds is 3. The number of amides is 1. The fraction of sp³-hybridized carbons (Fsp3) is 0.200. The summed E-state index contributed by atoms with van der Waals surface area (Å²) in [6.07, 6.45) is 1.58. The van der Waals surface area contributed by atoms with Crippen LogP contribution in [0.1, 0.15) is 0 Å². The molecule has 21 heavy (non-hydrogen) atoms. The lowest BCUT2D eigenvalue weighted by Crippen LogP contribution is -2.38. The Kier molecular flexibility index (Phi) is 3.92. The minimum atomic E-state index is -0.137. The van der Waals surface area contributed by atoms with E-state index in [1.807, 2.05) is 29.2 Å². The van der Waals surface area contributed by atoms with Crippen molar-refractivity contribution in [3.8, 4) is 5.75 Å². The van der Waals surface area contributed by atoms with E-state index in [2.05, 4.69) is 10.3 Å². The average molecular weight is 304 g/mol. The molecular weight excluding hydrogens is 290 g/mol. The van der Waals surface area contributed by atoms with Crippen LogP contribution in [-0.4, -0.2) is 30.6 Å². The Morgan fingerprint density at radius 3 is 3.05 bits per heavy atom. The van der Waals surface area contributed by atoms with Crippen molar-refractivity contribution in [3.63, 3.8) is 0 Å². The number of hydrogen-bond acceptors (Lipinski definition) is 4. The van der Waals surface area contributed by atoms with E-state index in [1.165, 1.54) is 0 Å². The molecule has 1 aromatic carbocycles. The van der Waals surface area contributed by atoms with Crippen molar-refractivity contribution in [2.24, 2.45) is 0 Å². The Bertz CT molecular complexity index is 663. The molecule has 5 nitrogen and oxygen atoms in total. The first-order valence-corrected chi connectivity index (χ1v) is 6.99. The van der Waals surface area contributed by atoms with E-state index in [0.29, 0.717) is 18.8 Å². The molecular formula is C15H14ClN3O2. The second-order valence-corrected chi connectivity index (χ2v) is 4.99. The molecule has 0 saturated carbocycles. The second-order valence-electron chi connectivity index (χ2n) is 4.63. The first-order chi connectivity index (χ1) is 10.2. The molecule has 0 radical (unpaired) electrons. The Morgan fingerprint density at radius 1 is 1.33 bits per heavy atom. The third-order valence-electron chi connectivity index (χ3n) is 3.19. The van der Waals surface area contributed by atoms with Crippen LogP contribution in [-0.2, 0) is 4.79 Å². The number of nitrogens with one attached hydrogen (secondary N) is 1. The number of carbonyl (C=O) groups excluding carboxylic acids is 1. The molecule has 1 N–H and O–H groups in total. The van der Waals surface area contributed by atoms with Crippen LogP contribution in [0.2, 0.25) is 5.15 Å². The average Bonchev–Trinajstić information content (AvgIpc) is 2.50. The predicted octanol–water partition coefficient (Wildman–Crippen LogP) is 2.57. The van der Waals surface area contributed by atoms with Gasteiger partial charge >= 0.3 is 0 Å². The van der Waals surface area contributed by atoms with E-state index >= 15 is 0 Å². The van der Waals surface area contributed by atoms with Gasteiger partial charge in [0.1, 0.15) is 12.4 Å². The van der Waals surface area contributed by atoms with Crippen LogP contribution < -0.4 is 15.0 Å². The van der Waals surface area contributed by atoms with Gasteiger partial charge in [0.2, 0.25) is 5.91 Å². The van der Waals surface area contributed by atoms with E-state index in [1.54, 1.807) is 18.3 Å². The zero-order valence-electron chi connectivity index (χ0n) is 11.3. The Labute approximate surface area is 127 Å². The van der Waals surface area contributed by atoms with Gasteiger partial charge in [0.05, 0.1) is 24.5 Å². The van der Waals surface area contributed by atoms with Crippen LogP contribution in [0.25, 0.3) is 0 Å². The fourth-order valence-electron chi connectivity index (χ4n) is 2.23. The Morgan fingerprint density at radius 2 is 2.19 bits per heavy atom. The van der Waals surface area contributed by atoms with Crippen LogP contribution in [0.3, 0.4) is 0 Å². The van der Waals surface area contributed by atoms with E-state index < -0.39 is 0 Å². The molecule has 1 aliphatic rings. The van der Waals surface area contributed by atoms with Gasteiger partial charge in [-0.3, -0.25) is 4.79 Å². The molecule has 6 heteroatoms. The highest BCUT2D eigenvalue weighted by molar-refractivity contribution is 6.32. The number of benzene rings is 1. The topological polar surface area (TPSA) is 54.5 Å². The molecule has 108 valence electrons. The van der Waals surface area contributed by atoms with E-state index in [4.69, 9.17) is 16.3 Å². The normalized spacial score (nSPS) is 13.3. The summed E-state index contributed by atoms with van der Waals surface area (Å²) >= 11 is 5.93. The lowest BCUT2D eigenvalue weighted by Gasteiger charge is -2.30. The molecule has 0 saturated heterocycles. The number of halogens is 1. The summed E-state index contributed by atoms with van der Waals surface area (Å²) in [5.74, 6) is 0.664. The van der Waals surface area contributed by atoms with Gasteiger partial charge < -0.3 is 15.0 Å². The van der Waals surface area contributed by atoms with Gasteiger partial charge in [-0.05, 0) is 24.3 Å². The first-order valence-electron chi connectivity index (χ1n) is 6.61. The van der Waals surface area contributed by atoms with Gasteiger partial charge in [-0.1, -0.05) is 23.7 Å². The summed E-state index contributed by atoms with van der Waals surface area (Å²) in [6.45, 7) is 1.48. The summed E-state index contributed by atoms with van der Waals surface area (Å²) in [7, 11) is 0. The van der Waals surface area contributed by atoms with Crippen molar-refractivity contribution >= 4 is 28.9 Å². The van der Waals surface area contributed by atoms with E-state index in [0.717, 1.165) is 11.4 Å². The maximum atomic E-state index is 12.2. The van der Waals surface area contributed by atoms with Gasteiger partial charge in [-0.15, -0.1) is 0 Å². The zero-order valence-corrected chi connectivity index (χ0v) is 12.0. The monoisotopic (exact) mass is 303 g/mol. The minimum absolute atomic E-state index is 0.137. The van der Waals surface area contributed by atoms with Crippen molar-refractivity contribution in [2.75, 3.05) is 29.9 Å². The molecule has 1 amide bonds. The van der Waals surface area contributed by atoms with Gasteiger partial charge in [0.25, 0.3) is 0 Å². The Hall–Kier alpha value is -2.27. The van der Waals surface area contributed by atoms with E-state index in [-0.39, 0.29) is 17.6 Å². The lowest BCUT2D eigenvalue weighted by molar-refractivity contribution is -0.115. The number of anilines is 2. The Balaban J connectivity index is 1.70. The maximum absolute atomic E-state index is 12.2. The highest BCUT2D eigenvalue weighted by atomic mass is 35.5. The molecule has 1 aromatic heterocycles. The molecule has 1 aliphatic heterocycles. The number of para-hydroxylation sites is 2. The fourth-order valence-corrected chi connectivity index (χ4v) is 2.40. The van der Waals surface area contributed by atoms with Gasteiger partial charge in [0.15, 0.2) is 5.15 Å². The molecule has 0 fully saturated rings. The maximum Gasteiger partial charge on any atom is 0.243 e. The zero-order chi connectivity index (χ0) is 14.7. The minimum Gasteiger partial charge on any atom is -0.490 e. The summed E-state index contributed by atoms with van der Waals surface area (Å²) in [6, 6.07) is 11.1. The van der Waals surface area contributed by atoms with Crippen LogP contribution in [0, 0.1) is 0 Å². The number of ether oxygens (including phenoxy) is 1. The van der Waals surface area contributed by atoms with Crippen molar-refractivity contribution in [3.05, 3.63) is 47.7 Å².